The highest BCUT2D eigenvalue weighted by Crippen LogP contribution is 2.35. The third kappa shape index (κ3) is 4.52. The first-order valence-corrected chi connectivity index (χ1v) is 13.5. The lowest BCUT2D eigenvalue weighted by Crippen LogP contribution is -2.33. The van der Waals surface area contributed by atoms with Crippen molar-refractivity contribution >= 4 is 55.5 Å². The van der Waals surface area contributed by atoms with Crippen molar-refractivity contribution in [3.63, 3.8) is 0 Å². The van der Waals surface area contributed by atoms with Crippen LogP contribution < -0.4 is 10.9 Å². The Bertz CT molecular complexity index is 1370. The lowest BCUT2D eigenvalue weighted by Gasteiger charge is -2.18. The molecule has 1 fully saturated rings. The van der Waals surface area contributed by atoms with Crippen LogP contribution in [0.4, 0.5) is 5.13 Å². The van der Waals surface area contributed by atoms with Gasteiger partial charge in [-0.25, -0.2) is 4.98 Å². The first kappa shape index (κ1) is 23.1. The Morgan fingerprint density at radius 2 is 1.97 bits per heavy atom. The molecule has 1 aliphatic rings. The van der Waals surface area contributed by atoms with Crippen molar-refractivity contribution < 1.29 is 4.79 Å². The van der Waals surface area contributed by atoms with E-state index in [1.807, 2.05) is 24.4 Å². The topological polar surface area (TPSA) is 89.8 Å². The maximum atomic E-state index is 13.5. The van der Waals surface area contributed by atoms with Gasteiger partial charge in [-0.2, -0.15) is 0 Å². The number of anilines is 1. The van der Waals surface area contributed by atoms with Crippen molar-refractivity contribution in [2.24, 2.45) is 0 Å². The van der Waals surface area contributed by atoms with Crippen molar-refractivity contribution in [3.05, 3.63) is 56.4 Å². The van der Waals surface area contributed by atoms with Crippen molar-refractivity contribution in [2.45, 2.75) is 57.4 Å². The molecule has 1 atom stereocenters. The minimum atomic E-state index is -0.704. The van der Waals surface area contributed by atoms with Crippen LogP contribution in [0.2, 0.25) is 5.02 Å². The van der Waals surface area contributed by atoms with E-state index in [4.69, 9.17) is 11.6 Å². The summed E-state index contributed by atoms with van der Waals surface area (Å²) in [7, 11) is 0. The van der Waals surface area contributed by atoms with Crippen LogP contribution in [0.25, 0.3) is 21.3 Å². The number of benzene rings is 1. The highest BCUT2D eigenvalue weighted by molar-refractivity contribution is 7.17. The van der Waals surface area contributed by atoms with E-state index in [2.05, 4.69) is 20.5 Å². The predicted octanol–water partition coefficient (Wildman–Crippen LogP) is 6.27. The van der Waals surface area contributed by atoms with Crippen LogP contribution in [0.15, 0.2) is 40.8 Å². The molecular weight excluding hydrogens is 490 g/mol. The van der Waals surface area contributed by atoms with E-state index >= 15 is 0 Å². The molecule has 7 nitrogen and oxygen atoms in total. The first-order valence-electron chi connectivity index (χ1n) is 11.4. The quantitative estimate of drug-likeness (QED) is 0.328. The van der Waals surface area contributed by atoms with Gasteiger partial charge in [0.1, 0.15) is 15.9 Å². The molecule has 0 spiro atoms. The summed E-state index contributed by atoms with van der Waals surface area (Å²) >= 11 is 8.87. The van der Waals surface area contributed by atoms with Gasteiger partial charge in [0.2, 0.25) is 11.0 Å². The maximum absolute atomic E-state index is 13.5. The second-order valence-corrected chi connectivity index (χ2v) is 10.8. The number of hydrogen-bond donors (Lipinski definition) is 1. The van der Waals surface area contributed by atoms with Gasteiger partial charge < -0.3 is 0 Å². The van der Waals surface area contributed by atoms with E-state index in [0.29, 0.717) is 32.7 Å². The molecule has 1 aliphatic carbocycles. The molecule has 3 heterocycles. The van der Waals surface area contributed by atoms with Gasteiger partial charge in [0.25, 0.3) is 5.56 Å². The first-order chi connectivity index (χ1) is 16.5. The van der Waals surface area contributed by atoms with E-state index in [-0.39, 0.29) is 11.5 Å². The Morgan fingerprint density at radius 3 is 2.71 bits per heavy atom. The minimum absolute atomic E-state index is 0.238. The molecule has 5 rings (SSSR count). The number of aromatic nitrogens is 4. The number of halogens is 1. The van der Waals surface area contributed by atoms with Crippen LogP contribution >= 0.6 is 34.3 Å². The third-order valence-corrected chi connectivity index (χ3v) is 8.46. The summed E-state index contributed by atoms with van der Waals surface area (Å²) < 4.78 is 1.42. The van der Waals surface area contributed by atoms with Crippen LogP contribution in [0.3, 0.4) is 0 Å². The molecule has 1 aromatic carbocycles. The molecule has 34 heavy (non-hydrogen) atoms. The Kier molecular flexibility index (Phi) is 6.76. The molecule has 0 radical (unpaired) electrons. The second-order valence-electron chi connectivity index (χ2n) is 8.49. The fourth-order valence-electron chi connectivity index (χ4n) is 4.51. The zero-order valence-corrected chi connectivity index (χ0v) is 21.1. The molecular formula is C24H24ClN5O2S2. The maximum Gasteiger partial charge on any atom is 0.263 e. The minimum Gasteiger partial charge on any atom is -0.299 e. The van der Waals surface area contributed by atoms with Gasteiger partial charge in [0, 0.05) is 21.9 Å². The molecule has 1 saturated carbocycles. The largest absolute Gasteiger partial charge is 0.299 e. The normalized spacial score (nSPS) is 15.5. The number of fused-ring (bicyclic) bond motifs is 1. The van der Waals surface area contributed by atoms with Crippen LogP contribution in [0, 0.1) is 0 Å². The predicted molar refractivity (Wildman–Crippen MR) is 138 cm³/mol. The molecule has 176 valence electrons. The summed E-state index contributed by atoms with van der Waals surface area (Å²) in [6.45, 7) is 1.88. The lowest BCUT2D eigenvalue weighted by molar-refractivity contribution is -0.119. The summed E-state index contributed by atoms with van der Waals surface area (Å²) in [6, 6.07) is 6.64. The number of carbonyl (C=O) groups excluding carboxylic acids is 1. The van der Waals surface area contributed by atoms with Gasteiger partial charge in [-0.15, -0.1) is 21.5 Å². The van der Waals surface area contributed by atoms with Gasteiger partial charge in [-0.1, -0.05) is 61.3 Å². The molecule has 0 aliphatic heterocycles. The van der Waals surface area contributed by atoms with Crippen LogP contribution in [0.5, 0.6) is 0 Å². The van der Waals surface area contributed by atoms with Crippen LogP contribution in [-0.2, 0) is 4.79 Å². The van der Waals surface area contributed by atoms with Crippen LogP contribution in [0.1, 0.15) is 62.4 Å². The van der Waals surface area contributed by atoms with E-state index in [1.54, 1.807) is 12.1 Å². The summed E-state index contributed by atoms with van der Waals surface area (Å²) in [5.41, 5.74) is 1.44. The number of thiophene rings is 1. The molecule has 4 aromatic rings. The van der Waals surface area contributed by atoms with E-state index in [9.17, 15) is 9.59 Å². The zero-order chi connectivity index (χ0) is 23.7. The number of nitrogens with one attached hydrogen (secondary N) is 1. The SMILES string of the molecule is CCC(C(=O)Nc1nnc(C2CCCCC2)s1)n1cnc2scc(-c3ccc(Cl)cc3)c2c1=O. The lowest BCUT2D eigenvalue weighted by atomic mass is 9.90. The number of rotatable bonds is 6. The zero-order valence-electron chi connectivity index (χ0n) is 18.7. The number of amides is 1. The number of nitrogens with zero attached hydrogens (tertiary/aromatic N) is 4. The molecule has 10 heteroatoms. The molecule has 3 aromatic heterocycles. The monoisotopic (exact) mass is 513 g/mol. The van der Waals surface area contributed by atoms with Crippen molar-refractivity contribution in [3.8, 4) is 11.1 Å². The average molecular weight is 514 g/mol. The molecule has 1 unspecified atom stereocenters. The summed E-state index contributed by atoms with van der Waals surface area (Å²) in [5.74, 6) is 0.137. The van der Waals surface area contributed by atoms with E-state index < -0.39 is 6.04 Å². The summed E-state index contributed by atoms with van der Waals surface area (Å²) in [6.07, 6.45) is 7.84. The Labute approximate surface area is 209 Å². The van der Waals surface area contributed by atoms with Crippen molar-refractivity contribution in [1.82, 2.24) is 19.7 Å². The highest BCUT2D eigenvalue weighted by atomic mass is 35.5. The van der Waals surface area contributed by atoms with Gasteiger partial charge in [-0.3, -0.25) is 19.5 Å². The van der Waals surface area contributed by atoms with Gasteiger partial charge in [0.15, 0.2) is 0 Å². The molecule has 0 saturated heterocycles. The standard InChI is InChI=1S/C24H24ClN5O2S2/c1-2-18(20(31)27-24-29-28-21(34-24)15-6-4-3-5-7-15)30-13-26-22-19(23(30)32)17(12-33-22)14-8-10-16(25)11-9-14/h8-13,15,18H,2-7H2,1H3,(H,27,29,31). The smallest absolute Gasteiger partial charge is 0.263 e. The van der Waals surface area contributed by atoms with E-state index in [0.717, 1.165) is 29.0 Å². The van der Waals surface area contributed by atoms with Gasteiger partial charge in [-0.05, 0) is 37.0 Å². The number of hydrogen-bond acceptors (Lipinski definition) is 7. The van der Waals surface area contributed by atoms with Crippen molar-refractivity contribution in [1.29, 1.82) is 0 Å². The number of carbonyl (C=O) groups is 1. The Balaban J connectivity index is 1.42. The van der Waals surface area contributed by atoms with Gasteiger partial charge >= 0.3 is 0 Å². The molecule has 1 N–H and O–H groups in total. The fourth-order valence-corrected chi connectivity index (χ4v) is 6.45. The van der Waals surface area contributed by atoms with E-state index in [1.165, 1.54) is 52.8 Å². The van der Waals surface area contributed by atoms with Crippen LogP contribution in [-0.4, -0.2) is 25.7 Å². The highest BCUT2D eigenvalue weighted by Gasteiger charge is 2.25. The average Bonchev–Trinajstić information content (AvgIpc) is 3.50. The summed E-state index contributed by atoms with van der Waals surface area (Å²) in [4.78, 5) is 31.8. The summed E-state index contributed by atoms with van der Waals surface area (Å²) in [5, 5.41) is 15.9. The molecule has 0 bridgehead atoms. The van der Waals surface area contributed by atoms with Crippen molar-refractivity contribution in [2.75, 3.05) is 5.32 Å². The second kappa shape index (κ2) is 9.93. The third-order valence-electron chi connectivity index (χ3n) is 6.32. The Hall–Kier alpha value is -2.62. The fraction of sp³-hybridized carbons (Fsp3) is 0.375. The Morgan fingerprint density at radius 1 is 1.21 bits per heavy atom. The van der Waals surface area contributed by atoms with Gasteiger partial charge in [0.05, 0.1) is 11.7 Å². The molecule has 1 amide bonds.